The first-order valence-corrected chi connectivity index (χ1v) is 8.82. The van der Waals surface area contributed by atoms with E-state index in [-0.39, 0.29) is 19.1 Å². The minimum absolute atomic E-state index is 0.00782. The lowest BCUT2D eigenvalue weighted by Gasteiger charge is -2.37. The van der Waals surface area contributed by atoms with Crippen LogP contribution in [0.1, 0.15) is 17.2 Å². The second kappa shape index (κ2) is 8.08. The van der Waals surface area contributed by atoms with Gasteiger partial charge >= 0.3 is 6.18 Å². The molecule has 144 valence electrons. The van der Waals surface area contributed by atoms with Crippen LogP contribution in [0.25, 0.3) is 0 Å². The summed E-state index contributed by atoms with van der Waals surface area (Å²) in [5, 5.41) is 0. The van der Waals surface area contributed by atoms with Crippen molar-refractivity contribution in [3.63, 3.8) is 0 Å². The quantitative estimate of drug-likeness (QED) is 0.809. The number of benzene rings is 2. The molecule has 0 unspecified atom stereocenters. The molecule has 1 fully saturated rings. The summed E-state index contributed by atoms with van der Waals surface area (Å²) in [4.78, 5) is 13.9. The third kappa shape index (κ3) is 4.47. The minimum Gasteiger partial charge on any atom is -0.329 e. The van der Waals surface area contributed by atoms with Crippen LogP contribution in [-0.4, -0.2) is 49.3 Å². The number of nitrogens with zero attached hydrogens (tertiary/aromatic N) is 1. The highest BCUT2D eigenvalue weighted by Crippen LogP contribution is 2.25. The van der Waals surface area contributed by atoms with Crippen molar-refractivity contribution in [1.82, 2.24) is 4.90 Å². The summed E-state index contributed by atoms with van der Waals surface area (Å²) < 4.78 is 50.8. The minimum atomic E-state index is -5.16. The molecule has 1 amide bonds. The Kier molecular flexibility index (Phi) is 5.79. The van der Waals surface area contributed by atoms with Crippen molar-refractivity contribution < 1.29 is 27.3 Å². The molecule has 1 aliphatic rings. The zero-order valence-electron chi connectivity index (χ0n) is 14.6. The molecule has 0 bridgehead atoms. The van der Waals surface area contributed by atoms with E-state index in [9.17, 15) is 22.4 Å². The van der Waals surface area contributed by atoms with Gasteiger partial charge in [0.1, 0.15) is 6.04 Å². The molecule has 0 spiro atoms. The van der Waals surface area contributed by atoms with E-state index in [1.54, 1.807) is 0 Å². The van der Waals surface area contributed by atoms with Crippen molar-refractivity contribution >= 4 is 5.91 Å². The van der Waals surface area contributed by atoms with E-state index < -0.39 is 18.3 Å². The average Bonchev–Trinajstić information content (AvgIpc) is 2.68. The second-order valence-electron chi connectivity index (χ2n) is 6.64. The number of piperazine rings is 1. The molecular formula is C20H21F4N2O+. The van der Waals surface area contributed by atoms with E-state index in [0.717, 1.165) is 20.9 Å². The van der Waals surface area contributed by atoms with E-state index in [1.807, 2.05) is 60.7 Å². The first kappa shape index (κ1) is 19.4. The number of nitrogens with one attached hydrogen (secondary N) is 1. The fourth-order valence-corrected chi connectivity index (χ4v) is 3.56. The Balaban J connectivity index is 1.75. The lowest BCUT2D eigenvalue weighted by Crippen LogP contribution is -3.15. The summed E-state index contributed by atoms with van der Waals surface area (Å²) in [5.74, 6) is -1.49. The molecule has 1 atom stereocenters. The van der Waals surface area contributed by atoms with Gasteiger partial charge in [0.15, 0.2) is 0 Å². The number of rotatable bonds is 4. The van der Waals surface area contributed by atoms with E-state index >= 15 is 0 Å². The van der Waals surface area contributed by atoms with Crippen LogP contribution in [0, 0.1) is 0 Å². The van der Waals surface area contributed by atoms with Gasteiger partial charge in [-0.3, -0.25) is 4.79 Å². The molecule has 2 aromatic carbocycles. The standard InChI is InChI=1S/C20H20F4N2O/c21-18(20(22,23)24)19(27)26-13-11-25(12-14-26)17(15-7-3-1-4-8-15)16-9-5-2-6-10-16/h1-10,17-18H,11-14H2/p+1/t18-/m1/s1. The Morgan fingerprint density at radius 3 is 1.74 bits per heavy atom. The Morgan fingerprint density at radius 1 is 0.889 bits per heavy atom. The molecule has 0 aliphatic carbocycles. The molecule has 1 saturated heterocycles. The van der Waals surface area contributed by atoms with Gasteiger partial charge in [-0.15, -0.1) is 0 Å². The first-order chi connectivity index (χ1) is 12.9. The van der Waals surface area contributed by atoms with Crippen LogP contribution in [0.3, 0.4) is 0 Å². The molecule has 1 heterocycles. The summed E-state index contributed by atoms with van der Waals surface area (Å²) in [6.07, 6.45) is -8.60. The largest absolute Gasteiger partial charge is 0.428 e. The summed E-state index contributed by atoms with van der Waals surface area (Å²) >= 11 is 0. The van der Waals surface area contributed by atoms with Crippen molar-refractivity contribution in [2.24, 2.45) is 0 Å². The molecule has 2 aromatic rings. The summed E-state index contributed by atoms with van der Waals surface area (Å²) in [7, 11) is 0. The molecule has 3 nitrogen and oxygen atoms in total. The Bertz CT molecular complexity index is 704. The lowest BCUT2D eigenvalue weighted by atomic mass is 9.96. The van der Waals surface area contributed by atoms with Gasteiger partial charge in [-0.1, -0.05) is 60.7 Å². The number of alkyl halides is 4. The smallest absolute Gasteiger partial charge is 0.329 e. The monoisotopic (exact) mass is 381 g/mol. The normalized spacial score (nSPS) is 17.1. The Hall–Kier alpha value is -2.41. The summed E-state index contributed by atoms with van der Waals surface area (Å²) in [6.45, 7) is 1.09. The van der Waals surface area contributed by atoms with Crippen LogP contribution in [0.2, 0.25) is 0 Å². The Labute approximate surface area is 155 Å². The van der Waals surface area contributed by atoms with Gasteiger partial charge in [-0.25, -0.2) is 4.39 Å². The highest BCUT2D eigenvalue weighted by atomic mass is 19.4. The van der Waals surface area contributed by atoms with Crippen LogP contribution in [0.5, 0.6) is 0 Å². The number of hydrogen-bond acceptors (Lipinski definition) is 1. The maximum absolute atomic E-state index is 13.4. The SMILES string of the molecule is O=C([C@@H](F)C(F)(F)F)N1CC[NH+](C(c2ccccc2)c2ccccc2)CC1. The van der Waals surface area contributed by atoms with Gasteiger partial charge in [-0.2, -0.15) is 13.2 Å². The highest BCUT2D eigenvalue weighted by Gasteiger charge is 2.48. The van der Waals surface area contributed by atoms with Crippen LogP contribution >= 0.6 is 0 Å². The molecule has 3 rings (SSSR count). The molecule has 1 aliphatic heterocycles. The van der Waals surface area contributed by atoms with Crippen LogP contribution in [0.15, 0.2) is 60.7 Å². The van der Waals surface area contributed by atoms with E-state index in [0.29, 0.717) is 13.1 Å². The molecule has 0 aromatic heterocycles. The number of quaternary nitrogens is 1. The van der Waals surface area contributed by atoms with Gasteiger partial charge in [0.25, 0.3) is 12.1 Å². The van der Waals surface area contributed by atoms with Crippen molar-refractivity contribution in [3.05, 3.63) is 71.8 Å². The maximum Gasteiger partial charge on any atom is 0.428 e. The van der Waals surface area contributed by atoms with E-state index in [4.69, 9.17) is 0 Å². The first-order valence-electron chi connectivity index (χ1n) is 8.82. The third-order valence-electron chi connectivity index (χ3n) is 4.90. The molecule has 27 heavy (non-hydrogen) atoms. The zero-order valence-corrected chi connectivity index (χ0v) is 14.6. The predicted molar refractivity (Wildman–Crippen MR) is 93.0 cm³/mol. The average molecular weight is 381 g/mol. The molecule has 0 saturated carbocycles. The van der Waals surface area contributed by atoms with E-state index in [1.165, 1.54) is 0 Å². The Morgan fingerprint density at radius 2 is 1.33 bits per heavy atom. The van der Waals surface area contributed by atoms with E-state index in [2.05, 4.69) is 0 Å². The van der Waals surface area contributed by atoms with Crippen molar-refractivity contribution in [2.75, 3.05) is 26.2 Å². The fourth-order valence-electron chi connectivity index (χ4n) is 3.56. The van der Waals surface area contributed by atoms with Gasteiger partial charge in [0.05, 0.1) is 26.2 Å². The van der Waals surface area contributed by atoms with Crippen molar-refractivity contribution in [3.8, 4) is 0 Å². The molecule has 0 radical (unpaired) electrons. The number of hydrogen-bond donors (Lipinski definition) is 1. The molecule has 7 heteroatoms. The van der Waals surface area contributed by atoms with Gasteiger partial charge in [0, 0.05) is 11.1 Å². The summed E-state index contributed by atoms with van der Waals surface area (Å²) in [5.41, 5.74) is 2.19. The van der Waals surface area contributed by atoms with Crippen LogP contribution < -0.4 is 4.90 Å². The van der Waals surface area contributed by atoms with Gasteiger partial charge in [-0.05, 0) is 0 Å². The predicted octanol–water partition coefficient (Wildman–Crippen LogP) is 2.40. The summed E-state index contributed by atoms with van der Waals surface area (Å²) in [6, 6.07) is 19.7. The van der Waals surface area contributed by atoms with Crippen LogP contribution in [-0.2, 0) is 4.79 Å². The lowest BCUT2D eigenvalue weighted by molar-refractivity contribution is -0.929. The van der Waals surface area contributed by atoms with Crippen molar-refractivity contribution in [1.29, 1.82) is 0 Å². The second-order valence-corrected chi connectivity index (χ2v) is 6.64. The fraction of sp³-hybridized carbons (Fsp3) is 0.350. The maximum atomic E-state index is 13.4. The topological polar surface area (TPSA) is 24.8 Å². The molecular weight excluding hydrogens is 360 g/mol. The number of halogens is 4. The van der Waals surface area contributed by atoms with Gasteiger partial charge < -0.3 is 9.80 Å². The zero-order chi connectivity index (χ0) is 19.4. The van der Waals surface area contributed by atoms with Crippen molar-refractivity contribution in [2.45, 2.75) is 18.4 Å². The number of carbonyl (C=O) groups is 1. The highest BCUT2D eigenvalue weighted by molar-refractivity contribution is 5.81. The molecule has 1 N–H and O–H groups in total. The van der Waals surface area contributed by atoms with Gasteiger partial charge in [0.2, 0.25) is 0 Å². The van der Waals surface area contributed by atoms with Crippen LogP contribution in [0.4, 0.5) is 17.6 Å². The number of amides is 1. The number of carbonyl (C=O) groups excluding carboxylic acids is 1. The third-order valence-corrected chi connectivity index (χ3v) is 4.90.